The Morgan fingerprint density at radius 3 is 2.50 bits per heavy atom. The van der Waals surface area contributed by atoms with Gasteiger partial charge in [-0.2, -0.15) is 5.10 Å². The van der Waals surface area contributed by atoms with Gasteiger partial charge in [-0.1, -0.05) is 19.9 Å². The van der Waals surface area contributed by atoms with E-state index in [0.29, 0.717) is 23.4 Å². The highest BCUT2D eigenvalue weighted by Gasteiger charge is 2.20. The number of benzene rings is 2. The molecule has 1 fully saturated rings. The van der Waals surface area contributed by atoms with Gasteiger partial charge in [-0.15, -0.1) is 12.4 Å². The van der Waals surface area contributed by atoms with Gasteiger partial charge >= 0.3 is 5.69 Å². The number of halogens is 2. The van der Waals surface area contributed by atoms with Crippen molar-refractivity contribution in [3.8, 4) is 28.6 Å². The van der Waals surface area contributed by atoms with E-state index in [1.54, 1.807) is 18.2 Å². The summed E-state index contributed by atoms with van der Waals surface area (Å²) in [5.74, 6) is -0.548. The van der Waals surface area contributed by atoms with Gasteiger partial charge in [0.2, 0.25) is 0 Å². The minimum Gasteiger partial charge on any atom is -0.508 e. The van der Waals surface area contributed by atoms with Gasteiger partial charge in [0.1, 0.15) is 17.3 Å². The number of piperazine rings is 1. The fraction of sp³-hybridized carbons (Fsp3) is 0.364. The third kappa shape index (κ3) is 4.64. The van der Waals surface area contributed by atoms with Crippen molar-refractivity contribution >= 4 is 12.4 Å². The molecule has 1 saturated heterocycles. The van der Waals surface area contributed by atoms with Crippen molar-refractivity contribution in [1.82, 2.24) is 25.0 Å². The topological polar surface area (TPSA) is 106 Å². The first-order valence-corrected chi connectivity index (χ1v) is 10.3. The van der Waals surface area contributed by atoms with Crippen LogP contribution in [-0.2, 0) is 6.54 Å². The van der Waals surface area contributed by atoms with Crippen LogP contribution in [0.15, 0.2) is 35.1 Å². The lowest BCUT2D eigenvalue weighted by molar-refractivity contribution is 0.230. The summed E-state index contributed by atoms with van der Waals surface area (Å²) in [5, 5.41) is 30.2. The van der Waals surface area contributed by atoms with E-state index in [1.165, 1.54) is 16.7 Å². The molecule has 0 unspecified atom stereocenters. The number of phenolic OH excluding ortho intramolecular Hbond substituents is 2. The summed E-state index contributed by atoms with van der Waals surface area (Å²) in [6.45, 7) is 7.76. The Morgan fingerprint density at radius 2 is 1.84 bits per heavy atom. The van der Waals surface area contributed by atoms with E-state index in [4.69, 9.17) is 0 Å². The van der Waals surface area contributed by atoms with Crippen molar-refractivity contribution in [3.63, 3.8) is 0 Å². The second kappa shape index (κ2) is 9.72. The number of aromatic hydroxyl groups is 2. The van der Waals surface area contributed by atoms with E-state index < -0.39 is 11.5 Å². The fourth-order valence-electron chi connectivity index (χ4n) is 3.87. The van der Waals surface area contributed by atoms with E-state index in [-0.39, 0.29) is 41.2 Å². The molecular formula is C22H27ClFN5O3. The van der Waals surface area contributed by atoms with Gasteiger partial charge in [-0.3, -0.25) is 4.90 Å². The maximum Gasteiger partial charge on any atom is 0.348 e. The smallest absolute Gasteiger partial charge is 0.348 e. The molecule has 1 aliphatic heterocycles. The van der Waals surface area contributed by atoms with Crippen molar-refractivity contribution in [3.05, 3.63) is 57.8 Å². The number of nitrogens with zero attached hydrogens (tertiary/aromatic N) is 3. The van der Waals surface area contributed by atoms with E-state index in [1.807, 2.05) is 13.8 Å². The van der Waals surface area contributed by atoms with Crippen molar-refractivity contribution < 1.29 is 14.6 Å². The van der Waals surface area contributed by atoms with Crippen LogP contribution < -0.4 is 11.0 Å². The van der Waals surface area contributed by atoms with Gasteiger partial charge < -0.3 is 15.5 Å². The van der Waals surface area contributed by atoms with Gasteiger partial charge in [0.25, 0.3) is 0 Å². The molecule has 4 rings (SSSR count). The van der Waals surface area contributed by atoms with Crippen LogP contribution in [0.5, 0.6) is 11.5 Å². The van der Waals surface area contributed by atoms with E-state index in [0.717, 1.165) is 26.2 Å². The predicted octanol–water partition coefficient (Wildman–Crippen LogP) is 2.73. The highest BCUT2D eigenvalue weighted by molar-refractivity contribution is 5.85. The normalized spacial score (nSPS) is 14.5. The summed E-state index contributed by atoms with van der Waals surface area (Å²) in [6.07, 6.45) is 0. The van der Waals surface area contributed by atoms with Gasteiger partial charge in [0, 0.05) is 44.4 Å². The first kappa shape index (κ1) is 23.8. The number of H-pyrrole nitrogens is 1. The van der Waals surface area contributed by atoms with E-state index >= 15 is 0 Å². The van der Waals surface area contributed by atoms with Crippen LogP contribution in [0, 0.1) is 5.82 Å². The Morgan fingerprint density at radius 1 is 1.12 bits per heavy atom. The number of hydrogen-bond acceptors (Lipinski definition) is 6. The number of aromatic nitrogens is 3. The molecule has 0 bridgehead atoms. The summed E-state index contributed by atoms with van der Waals surface area (Å²) in [5.41, 5.74) is 1.17. The number of phenols is 2. The molecule has 2 heterocycles. The quantitative estimate of drug-likeness (QED) is 0.463. The van der Waals surface area contributed by atoms with Crippen LogP contribution in [-0.4, -0.2) is 56.1 Å². The first-order chi connectivity index (χ1) is 14.8. The zero-order valence-electron chi connectivity index (χ0n) is 17.9. The van der Waals surface area contributed by atoms with Gasteiger partial charge in [0.15, 0.2) is 5.82 Å². The highest BCUT2D eigenvalue weighted by atomic mass is 35.5. The minimum absolute atomic E-state index is 0. The van der Waals surface area contributed by atoms with Crippen LogP contribution in [0.3, 0.4) is 0 Å². The molecule has 0 aliphatic carbocycles. The molecule has 0 radical (unpaired) electrons. The van der Waals surface area contributed by atoms with Crippen LogP contribution in [0.2, 0.25) is 0 Å². The molecule has 3 aromatic rings. The molecular weight excluding hydrogens is 437 g/mol. The molecule has 1 aliphatic rings. The second-order valence-corrected chi connectivity index (χ2v) is 8.07. The van der Waals surface area contributed by atoms with Crippen LogP contribution >= 0.6 is 12.4 Å². The third-order valence-electron chi connectivity index (χ3n) is 5.58. The average molecular weight is 464 g/mol. The molecule has 172 valence electrons. The maximum absolute atomic E-state index is 14.9. The van der Waals surface area contributed by atoms with Crippen LogP contribution in [0.1, 0.15) is 30.9 Å². The van der Waals surface area contributed by atoms with Crippen molar-refractivity contribution in [1.29, 1.82) is 0 Å². The molecule has 10 heteroatoms. The zero-order valence-corrected chi connectivity index (χ0v) is 18.7. The molecule has 2 aromatic carbocycles. The maximum atomic E-state index is 14.9. The molecule has 4 N–H and O–H groups in total. The first-order valence-electron chi connectivity index (χ1n) is 10.3. The number of aromatic amines is 1. The number of rotatable bonds is 5. The summed E-state index contributed by atoms with van der Waals surface area (Å²) >= 11 is 0. The second-order valence-electron chi connectivity index (χ2n) is 8.07. The van der Waals surface area contributed by atoms with Gasteiger partial charge in [-0.05, 0) is 29.7 Å². The summed E-state index contributed by atoms with van der Waals surface area (Å²) in [6, 6.07) is 7.47. The van der Waals surface area contributed by atoms with E-state index in [9.17, 15) is 19.4 Å². The Kier molecular flexibility index (Phi) is 7.22. The molecule has 1 aromatic heterocycles. The third-order valence-corrected chi connectivity index (χ3v) is 5.58. The Labute approximate surface area is 191 Å². The van der Waals surface area contributed by atoms with Gasteiger partial charge in [0.05, 0.1) is 11.3 Å². The predicted molar refractivity (Wildman–Crippen MR) is 122 cm³/mol. The van der Waals surface area contributed by atoms with E-state index in [2.05, 4.69) is 20.4 Å². The highest BCUT2D eigenvalue weighted by Crippen LogP contribution is 2.37. The zero-order chi connectivity index (χ0) is 22.1. The Bertz CT molecular complexity index is 1150. The lowest BCUT2D eigenvalue weighted by atomic mass is 9.98. The summed E-state index contributed by atoms with van der Waals surface area (Å²) in [7, 11) is 0. The lowest BCUT2D eigenvalue weighted by Crippen LogP contribution is -2.43. The fourth-order valence-corrected chi connectivity index (χ4v) is 3.87. The SMILES string of the molecule is CC(C)c1cc(-c2n[nH]c(=O)n2-c2ccc(CN3CCNCC3)c(F)c2)c(O)cc1O.Cl. The summed E-state index contributed by atoms with van der Waals surface area (Å²) < 4.78 is 16.1. The van der Waals surface area contributed by atoms with Crippen molar-refractivity contribution in [2.75, 3.05) is 26.2 Å². The standard InChI is InChI=1S/C22H26FN5O3.ClH/c1-13(2)16-10-17(20(30)11-19(16)29)21-25-26-22(31)28(21)15-4-3-14(18(23)9-15)12-27-7-5-24-6-8-27;/h3-4,9-11,13,24,29-30H,5-8,12H2,1-2H3,(H,26,31);1H. The van der Waals surface area contributed by atoms with Crippen molar-refractivity contribution in [2.24, 2.45) is 0 Å². The number of nitrogens with one attached hydrogen (secondary N) is 2. The van der Waals surface area contributed by atoms with Crippen LogP contribution in [0.25, 0.3) is 17.1 Å². The average Bonchev–Trinajstić information content (AvgIpc) is 3.11. The minimum atomic E-state index is -0.553. The summed E-state index contributed by atoms with van der Waals surface area (Å²) in [4.78, 5) is 14.7. The monoisotopic (exact) mass is 463 g/mol. The Balaban J connectivity index is 0.00000289. The van der Waals surface area contributed by atoms with Gasteiger partial charge in [-0.25, -0.2) is 18.9 Å². The Hall–Kier alpha value is -2.88. The lowest BCUT2D eigenvalue weighted by Gasteiger charge is -2.27. The largest absolute Gasteiger partial charge is 0.508 e. The van der Waals surface area contributed by atoms with Crippen LogP contribution in [0.4, 0.5) is 4.39 Å². The molecule has 0 saturated carbocycles. The molecule has 32 heavy (non-hydrogen) atoms. The number of hydrogen-bond donors (Lipinski definition) is 4. The molecule has 0 atom stereocenters. The molecule has 8 nitrogen and oxygen atoms in total. The van der Waals surface area contributed by atoms with Crippen molar-refractivity contribution in [2.45, 2.75) is 26.3 Å². The molecule has 0 spiro atoms. The molecule has 0 amide bonds.